The van der Waals surface area contributed by atoms with Crippen LogP contribution < -0.4 is 0 Å². The minimum absolute atomic E-state index is 0.0795. The summed E-state index contributed by atoms with van der Waals surface area (Å²) in [7, 11) is 0. The number of hydrogen-bond acceptors (Lipinski definition) is 6. The van der Waals surface area contributed by atoms with Crippen LogP contribution in [0.4, 0.5) is 17.6 Å². The molecule has 0 amide bonds. The molecule has 7 nitrogen and oxygen atoms in total. The Kier molecular flexibility index (Phi) is 5.47. The molecule has 0 bridgehead atoms. The summed E-state index contributed by atoms with van der Waals surface area (Å²) >= 11 is 0. The van der Waals surface area contributed by atoms with Gasteiger partial charge in [0, 0.05) is 36.0 Å². The molecule has 0 spiro atoms. The van der Waals surface area contributed by atoms with E-state index in [1.807, 2.05) is 17.1 Å². The number of alkyl halides is 3. The topological polar surface area (TPSA) is 78.6 Å². The Morgan fingerprint density at radius 1 is 1.06 bits per heavy atom. The van der Waals surface area contributed by atoms with E-state index >= 15 is 0 Å². The molecule has 2 aliphatic rings. The number of benzene rings is 1. The first-order valence-corrected chi connectivity index (χ1v) is 11.8. The zero-order valence-corrected chi connectivity index (χ0v) is 19.3. The van der Waals surface area contributed by atoms with Gasteiger partial charge in [-0.2, -0.15) is 18.3 Å². The summed E-state index contributed by atoms with van der Waals surface area (Å²) in [6, 6.07) is 2.87. The predicted molar refractivity (Wildman–Crippen MR) is 121 cm³/mol. The molecule has 2 fully saturated rings. The van der Waals surface area contributed by atoms with Gasteiger partial charge in [0.25, 0.3) is 0 Å². The van der Waals surface area contributed by atoms with Gasteiger partial charge in [0.05, 0.1) is 29.6 Å². The van der Waals surface area contributed by atoms with E-state index in [0.717, 1.165) is 30.5 Å². The Balaban J connectivity index is 1.39. The molecule has 3 aromatic heterocycles. The van der Waals surface area contributed by atoms with Gasteiger partial charge in [-0.3, -0.25) is 4.68 Å². The smallest absolute Gasteiger partial charge is 0.373 e. The summed E-state index contributed by atoms with van der Waals surface area (Å²) < 4.78 is 62.2. The van der Waals surface area contributed by atoms with Gasteiger partial charge in [-0.1, -0.05) is 0 Å². The highest BCUT2D eigenvalue weighted by atomic mass is 19.4. The summed E-state index contributed by atoms with van der Waals surface area (Å²) in [5.74, 6) is -0.703. The highest BCUT2D eigenvalue weighted by molar-refractivity contribution is 5.87. The lowest BCUT2D eigenvalue weighted by molar-refractivity contribution is -0.137. The third-order valence-electron chi connectivity index (χ3n) is 6.66. The number of halogens is 4. The van der Waals surface area contributed by atoms with Crippen molar-refractivity contribution in [2.24, 2.45) is 0 Å². The number of aryl methyl sites for hydroxylation is 1. The van der Waals surface area contributed by atoms with E-state index in [1.165, 1.54) is 6.20 Å². The molecule has 186 valence electrons. The molecule has 2 atom stereocenters. The van der Waals surface area contributed by atoms with Gasteiger partial charge in [-0.15, -0.1) is 0 Å². The SMILES string of the molecule is Cc1cnc2c(-c3ccc(C(F)(F)F)cc3F)nc(C3CCO[C@@H](c4cnn(C5CC5)c4)C3)nc2n1. The van der Waals surface area contributed by atoms with Crippen LogP contribution in [0.5, 0.6) is 0 Å². The predicted octanol–water partition coefficient (Wildman–Crippen LogP) is 5.72. The van der Waals surface area contributed by atoms with Crippen molar-refractivity contribution in [2.75, 3.05) is 6.61 Å². The minimum Gasteiger partial charge on any atom is -0.373 e. The maximum atomic E-state index is 15.0. The fourth-order valence-electron chi connectivity index (χ4n) is 4.59. The van der Waals surface area contributed by atoms with Gasteiger partial charge < -0.3 is 4.74 Å². The van der Waals surface area contributed by atoms with Crippen LogP contribution in [0, 0.1) is 12.7 Å². The van der Waals surface area contributed by atoms with E-state index in [9.17, 15) is 17.6 Å². The lowest BCUT2D eigenvalue weighted by atomic mass is 9.92. The van der Waals surface area contributed by atoms with Crippen molar-refractivity contribution in [3.05, 3.63) is 65.3 Å². The number of nitrogens with zero attached hydrogens (tertiary/aromatic N) is 6. The maximum Gasteiger partial charge on any atom is 0.416 e. The zero-order valence-electron chi connectivity index (χ0n) is 19.3. The van der Waals surface area contributed by atoms with Crippen molar-refractivity contribution < 1.29 is 22.3 Å². The monoisotopic (exact) mass is 498 g/mol. The number of rotatable bonds is 4. The molecule has 1 saturated heterocycles. The first-order chi connectivity index (χ1) is 17.3. The molecule has 0 radical (unpaired) electrons. The van der Waals surface area contributed by atoms with Crippen molar-refractivity contribution in [1.82, 2.24) is 29.7 Å². The van der Waals surface area contributed by atoms with Gasteiger partial charge in [0.1, 0.15) is 22.9 Å². The van der Waals surface area contributed by atoms with Gasteiger partial charge in [-0.05, 0) is 50.8 Å². The van der Waals surface area contributed by atoms with E-state index in [-0.39, 0.29) is 34.4 Å². The summed E-state index contributed by atoms with van der Waals surface area (Å²) in [5.41, 5.74) is 1.09. The van der Waals surface area contributed by atoms with Gasteiger partial charge in [0.2, 0.25) is 0 Å². The third kappa shape index (κ3) is 4.32. The highest BCUT2D eigenvalue weighted by Crippen LogP contribution is 2.40. The molecule has 1 aliphatic heterocycles. The minimum atomic E-state index is -4.65. The summed E-state index contributed by atoms with van der Waals surface area (Å²) in [4.78, 5) is 18.1. The molecule has 4 heterocycles. The first-order valence-electron chi connectivity index (χ1n) is 11.8. The summed E-state index contributed by atoms with van der Waals surface area (Å²) in [6.45, 7) is 2.24. The van der Waals surface area contributed by atoms with Crippen LogP contribution in [-0.2, 0) is 10.9 Å². The average Bonchev–Trinajstić information content (AvgIpc) is 3.59. The second-order valence-electron chi connectivity index (χ2n) is 9.37. The molecular formula is C25H22F4N6O. The Hall–Kier alpha value is -3.47. The summed E-state index contributed by atoms with van der Waals surface area (Å²) in [5, 5.41) is 4.45. The molecule has 6 rings (SSSR count). The van der Waals surface area contributed by atoms with Crippen molar-refractivity contribution in [3.63, 3.8) is 0 Å². The Bertz CT molecular complexity index is 1450. The Labute approximate surface area is 203 Å². The molecule has 11 heteroatoms. The van der Waals surface area contributed by atoms with Gasteiger partial charge in [-0.25, -0.2) is 24.3 Å². The van der Waals surface area contributed by atoms with Crippen LogP contribution in [0.25, 0.3) is 22.4 Å². The Morgan fingerprint density at radius 2 is 1.89 bits per heavy atom. The van der Waals surface area contributed by atoms with Crippen LogP contribution in [-0.4, -0.2) is 36.3 Å². The molecule has 1 saturated carbocycles. The summed E-state index contributed by atoms with van der Waals surface area (Å²) in [6.07, 6.45) is 3.99. The Morgan fingerprint density at radius 3 is 2.64 bits per heavy atom. The fraction of sp³-hybridized carbons (Fsp3) is 0.400. The first kappa shape index (κ1) is 23.0. The van der Waals surface area contributed by atoms with Crippen LogP contribution >= 0.6 is 0 Å². The van der Waals surface area contributed by atoms with Gasteiger partial charge >= 0.3 is 6.18 Å². The van der Waals surface area contributed by atoms with Crippen LogP contribution in [0.2, 0.25) is 0 Å². The van der Waals surface area contributed by atoms with E-state index in [0.29, 0.717) is 43.1 Å². The second-order valence-corrected chi connectivity index (χ2v) is 9.37. The number of aromatic nitrogens is 6. The number of ether oxygens (including phenoxy) is 1. The van der Waals surface area contributed by atoms with E-state index in [1.54, 1.807) is 6.92 Å². The lowest BCUT2D eigenvalue weighted by Gasteiger charge is -2.28. The average molecular weight is 498 g/mol. The lowest BCUT2D eigenvalue weighted by Crippen LogP contribution is -2.20. The molecular weight excluding hydrogens is 476 g/mol. The molecule has 1 unspecified atom stereocenters. The molecule has 4 aromatic rings. The van der Waals surface area contributed by atoms with Crippen molar-refractivity contribution in [3.8, 4) is 11.3 Å². The zero-order chi connectivity index (χ0) is 25.0. The quantitative estimate of drug-likeness (QED) is 0.335. The van der Waals surface area contributed by atoms with Crippen LogP contribution in [0.15, 0.2) is 36.8 Å². The van der Waals surface area contributed by atoms with Crippen molar-refractivity contribution in [1.29, 1.82) is 0 Å². The molecule has 36 heavy (non-hydrogen) atoms. The number of hydrogen-bond donors (Lipinski definition) is 0. The van der Waals surface area contributed by atoms with E-state index in [2.05, 4.69) is 25.0 Å². The van der Waals surface area contributed by atoms with Crippen LogP contribution in [0.1, 0.15) is 66.4 Å². The molecule has 0 N–H and O–H groups in total. The molecule has 1 aliphatic carbocycles. The van der Waals surface area contributed by atoms with E-state index in [4.69, 9.17) is 4.74 Å². The molecule has 1 aromatic carbocycles. The maximum absolute atomic E-state index is 15.0. The highest BCUT2D eigenvalue weighted by Gasteiger charge is 2.33. The largest absolute Gasteiger partial charge is 0.416 e. The van der Waals surface area contributed by atoms with E-state index < -0.39 is 17.6 Å². The normalized spacial score (nSPS) is 20.7. The number of fused-ring (bicyclic) bond motifs is 1. The van der Waals surface area contributed by atoms with Crippen LogP contribution in [0.3, 0.4) is 0 Å². The van der Waals surface area contributed by atoms with Crippen molar-refractivity contribution >= 4 is 11.2 Å². The van der Waals surface area contributed by atoms with Crippen molar-refractivity contribution in [2.45, 2.75) is 56.8 Å². The fourth-order valence-corrected chi connectivity index (χ4v) is 4.59. The third-order valence-corrected chi connectivity index (χ3v) is 6.66. The van der Waals surface area contributed by atoms with Gasteiger partial charge in [0.15, 0.2) is 5.65 Å². The second kappa shape index (κ2) is 8.58. The standard InChI is InChI=1S/C25H22F4N6O/c1-13-10-30-22-21(18-5-2-16(9-19(18)26)25(27,28)29)33-23(34-24(22)32-13)14-6-7-36-20(8-14)15-11-31-35(12-15)17-3-4-17/h2,5,9-12,14,17,20H,3-4,6-8H2,1H3/t14?,20-/m1/s1.